The van der Waals surface area contributed by atoms with Crippen LogP contribution in [0.3, 0.4) is 0 Å². The lowest BCUT2D eigenvalue weighted by Crippen LogP contribution is -2.31. The first-order valence-corrected chi connectivity index (χ1v) is 7.02. The molecule has 0 bridgehead atoms. The molecule has 19 heavy (non-hydrogen) atoms. The minimum absolute atomic E-state index is 0.318. The lowest BCUT2D eigenvalue weighted by Gasteiger charge is -2.03. The maximum atomic E-state index is 12.0. The molecule has 0 aliphatic rings. The van der Waals surface area contributed by atoms with Gasteiger partial charge in [0.15, 0.2) is 5.92 Å². The summed E-state index contributed by atoms with van der Waals surface area (Å²) in [5, 5.41) is 13.8. The number of carbonyl (C=O) groups excluding carboxylic acids is 2. The number of nitrogens with zero attached hydrogens (tertiary/aromatic N) is 2. The van der Waals surface area contributed by atoms with Gasteiger partial charge in [0.05, 0.1) is 15.8 Å². The molecule has 1 amide bonds. The lowest BCUT2D eigenvalue weighted by molar-refractivity contribution is -0.121. The third-order valence-electron chi connectivity index (χ3n) is 2.38. The molecule has 0 aliphatic heterocycles. The topological polar surface area (TPSA) is 82.9 Å². The minimum Gasteiger partial charge on any atom is -0.358 e. The Morgan fingerprint density at radius 3 is 2.89 bits per heavy atom. The molecule has 7 heteroatoms. The number of nitriles is 1. The number of thiazole rings is 1. The van der Waals surface area contributed by atoms with Gasteiger partial charge < -0.3 is 5.32 Å². The third kappa shape index (κ3) is 2.70. The molecule has 2 rings (SSSR count). The molecule has 0 saturated heterocycles. The molecule has 0 fully saturated rings. The van der Waals surface area contributed by atoms with Gasteiger partial charge in [0.2, 0.25) is 11.7 Å². The number of rotatable bonds is 4. The van der Waals surface area contributed by atoms with Crippen LogP contribution in [-0.2, 0) is 4.79 Å². The van der Waals surface area contributed by atoms with Crippen LogP contribution in [-0.4, -0.2) is 23.7 Å². The molecule has 2 heterocycles. The van der Waals surface area contributed by atoms with Gasteiger partial charge in [-0.25, -0.2) is 4.98 Å². The van der Waals surface area contributed by atoms with Crippen molar-refractivity contribution in [2.75, 3.05) is 7.05 Å². The van der Waals surface area contributed by atoms with Crippen molar-refractivity contribution < 1.29 is 9.59 Å². The molecule has 1 N–H and O–H groups in total. The number of amides is 1. The number of thiophene rings is 1. The fraction of sp³-hybridized carbons (Fsp3) is 0.167. The highest BCUT2D eigenvalue weighted by Crippen LogP contribution is 2.29. The second-order valence-electron chi connectivity index (χ2n) is 3.55. The Morgan fingerprint density at radius 1 is 1.53 bits per heavy atom. The van der Waals surface area contributed by atoms with Gasteiger partial charge in [-0.1, -0.05) is 6.07 Å². The number of carbonyl (C=O) groups is 2. The van der Waals surface area contributed by atoms with Crippen molar-refractivity contribution in [1.82, 2.24) is 10.3 Å². The summed E-state index contributed by atoms with van der Waals surface area (Å²) in [6.45, 7) is 0. The van der Waals surface area contributed by atoms with Crippen LogP contribution in [0.15, 0.2) is 23.7 Å². The van der Waals surface area contributed by atoms with Crippen LogP contribution < -0.4 is 5.32 Å². The minimum atomic E-state index is -1.32. The zero-order chi connectivity index (χ0) is 13.8. The van der Waals surface area contributed by atoms with Gasteiger partial charge >= 0.3 is 0 Å². The fourth-order valence-corrected chi connectivity index (χ4v) is 3.12. The number of nitrogens with one attached hydrogen (secondary N) is 1. The lowest BCUT2D eigenvalue weighted by atomic mass is 10.0. The van der Waals surface area contributed by atoms with Crippen molar-refractivity contribution in [2.45, 2.75) is 0 Å². The van der Waals surface area contributed by atoms with Crippen molar-refractivity contribution in [3.63, 3.8) is 0 Å². The van der Waals surface area contributed by atoms with Crippen LogP contribution in [0.25, 0.3) is 9.88 Å². The molecule has 0 saturated carbocycles. The average molecular weight is 291 g/mol. The molecular weight excluding hydrogens is 282 g/mol. The summed E-state index contributed by atoms with van der Waals surface area (Å²) in [5.41, 5.74) is 0. The molecule has 5 nitrogen and oxygen atoms in total. The van der Waals surface area contributed by atoms with Gasteiger partial charge in [0.25, 0.3) is 0 Å². The highest BCUT2D eigenvalue weighted by atomic mass is 32.1. The van der Waals surface area contributed by atoms with Crippen LogP contribution in [0.2, 0.25) is 0 Å². The molecule has 1 atom stereocenters. The highest BCUT2D eigenvalue weighted by Gasteiger charge is 2.28. The Morgan fingerprint density at radius 2 is 2.32 bits per heavy atom. The SMILES string of the molecule is CNC(=O)[C@H](C#N)C(=O)c1cnc(-c2cccs2)s1. The summed E-state index contributed by atoms with van der Waals surface area (Å²) in [4.78, 5) is 28.9. The predicted octanol–water partition coefficient (Wildman–Crippen LogP) is 1.94. The zero-order valence-corrected chi connectivity index (χ0v) is 11.5. The van der Waals surface area contributed by atoms with Crippen molar-refractivity contribution in [3.05, 3.63) is 28.6 Å². The second kappa shape index (κ2) is 5.73. The standard InChI is InChI=1S/C12H9N3O2S2/c1-14-11(17)7(5-13)10(16)9-6-15-12(19-9)8-3-2-4-18-8/h2-4,6-7H,1H3,(H,14,17)/t7-/m1/s1. The van der Waals surface area contributed by atoms with E-state index in [2.05, 4.69) is 10.3 Å². The van der Waals surface area contributed by atoms with Crippen molar-refractivity contribution in [2.24, 2.45) is 5.92 Å². The number of hydrogen-bond donors (Lipinski definition) is 1. The summed E-state index contributed by atoms with van der Waals surface area (Å²) in [5.74, 6) is -2.43. The highest BCUT2D eigenvalue weighted by molar-refractivity contribution is 7.22. The summed E-state index contributed by atoms with van der Waals surface area (Å²) >= 11 is 2.71. The average Bonchev–Trinajstić information content (AvgIpc) is 3.09. The Balaban J connectivity index is 2.26. The van der Waals surface area contributed by atoms with Crippen molar-refractivity contribution >= 4 is 34.4 Å². The first kappa shape index (κ1) is 13.4. The van der Waals surface area contributed by atoms with Crippen LogP contribution in [0, 0.1) is 17.2 Å². The van der Waals surface area contributed by atoms with E-state index >= 15 is 0 Å². The van der Waals surface area contributed by atoms with Gasteiger partial charge in [-0.2, -0.15) is 5.26 Å². The molecule has 2 aromatic rings. The Labute approximate surface area is 117 Å². The number of ketones is 1. The summed E-state index contributed by atoms with van der Waals surface area (Å²) in [6, 6.07) is 5.51. The van der Waals surface area contributed by atoms with E-state index in [1.54, 1.807) is 6.07 Å². The Kier molecular flexibility index (Phi) is 4.04. The Hall–Kier alpha value is -2.04. The van der Waals surface area contributed by atoms with Crippen LogP contribution >= 0.6 is 22.7 Å². The van der Waals surface area contributed by atoms with E-state index in [4.69, 9.17) is 5.26 Å². The first-order chi connectivity index (χ1) is 9.17. The molecular formula is C12H9N3O2S2. The summed E-state index contributed by atoms with van der Waals surface area (Å²) in [6.07, 6.45) is 1.41. The van der Waals surface area contributed by atoms with E-state index in [0.29, 0.717) is 9.88 Å². The van der Waals surface area contributed by atoms with E-state index in [1.165, 1.54) is 35.9 Å². The molecule has 0 unspecified atom stereocenters. The molecule has 0 spiro atoms. The fourth-order valence-electron chi connectivity index (χ4n) is 1.43. The van der Waals surface area contributed by atoms with Crippen LogP contribution in [0.4, 0.5) is 0 Å². The van der Waals surface area contributed by atoms with Crippen LogP contribution in [0.5, 0.6) is 0 Å². The molecule has 0 aliphatic carbocycles. The molecule has 96 valence electrons. The van der Waals surface area contributed by atoms with Crippen LogP contribution in [0.1, 0.15) is 9.67 Å². The molecule has 0 aromatic carbocycles. The van der Waals surface area contributed by atoms with Crippen molar-refractivity contribution in [3.8, 4) is 16.0 Å². The maximum Gasteiger partial charge on any atom is 0.245 e. The summed E-state index contributed by atoms with van der Waals surface area (Å²) < 4.78 is 0. The Bertz CT molecular complexity index is 640. The third-order valence-corrected chi connectivity index (χ3v) is 4.43. The van der Waals surface area contributed by atoms with E-state index in [9.17, 15) is 9.59 Å². The largest absolute Gasteiger partial charge is 0.358 e. The van der Waals surface area contributed by atoms with E-state index in [-0.39, 0.29) is 0 Å². The predicted molar refractivity (Wildman–Crippen MR) is 72.9 cm³/mol. The van der Waals surface area contributed by atoms with Gasteiger partial charge in [-0.05, 0) is 11.4 Å². The summed E-state index contributed by atoms with van der Waals surface area (Å²) in [7, 11) is 1.39. The smallest absolute Gasteiger partial charge is 0.245 e. The molecule has 2 aromatic heterocycles. The van der Waals surface area contributed by atoms with Crippen molar-refractivity contribution in [1.29, 1.82) is 5.26 Å². The van der Waals surface area contributed by atoms with E-state index < -0.39 is 17.6 Å². The van der Waals surface area contributed by atoms with E-state index in [0.717, 1.165) is 4.88 Å². The normalized spacial score (nSPS) is 11.6. The van der Waals surface area contributed by atoms with Gasteiger partial charge in [-0.3, -0.25) is 9.59 Å². The van der Waals surface area contributed by atoms with Gasteiger partial charge in [0, 0.05) is 13.2 Å². The second-order valence-corrected chi connectivity index (χ2v) is 5.53. The first-order valence-electron chi connectivity index (χ1n) is 5.32. The van der Waals surface area contributed by atoms with E-state index in [1.807, 2.05) is 17.5 Å². The number of aromatic nitrogens is 1. The van der Waals surface area contributed by atoms with Gasteiger partial charge in [-0.15, -0.1) is 22.7 Å². The molecule has 0 radical (unpaired) electrons. The quantitative estimate of drug-likeness (QED) is 0.689. The monoisotopic (exact) mass is 291 g/mol. The number of hydrogen-bond acceptors (Lipinski definition) is 6. The maximum absolute atomic E-state index is 12.0. The number of Topliss-reactive ketones (excluding diaryl/α,β-unsaturated/α-hetero) is 1. The zero-order valence-electron chi connectivity index (χ0n) is 9.91. The van der Waals surface area contributed by atoms with Gasteiger partial charge in [0.1, 0.15) is 5.01 Å².